The molecule has 3 rings (SSSR count). The lowest BCUT2D eigenvalue weighted by molar-refractivity contribution is -0.136. The molecule has 1 fully saturated rings. The number of aromatic nitrogens is 1. The van der Waals surface area contributed by atoms with E-state index in [1.54, 1.807) is 11.3 Å². The zero-order valence-corrected chi connectivity index (χ0v) is 15.9. The lowest BCUT2D eigenvalue weighted by Gasteiger charge is -2.26. The van der Waals surface area contributed by atoms with Gasteiger partial charge in [0, 0.05) is 24.0 Å². The van der Waals surface area contributed by atoms with Crippen molar-refractivity contribution < 1.29 is 14.6 Å². The molecule has 6 heteroatoms. The third-order valence-electron chi connectivity index (χ3n) is 4.76. The second kappa shape index (κ2) is 9.14. The Morgan fingerprint density at radius 2 is 2.00 bits per heavy atom. The third-order valence-corrected chi connectivity index (χ3v) is 5.61. The largest absolute Gasteiger partial charge is 0.490 e. The standard InChI is InChI=1S/C20H26N2O3S/c1-14-2-6-16(7-3-14)25-17-8-4-15(5-9-17)18-13-26-19(22-18)12-21-11-10-20(23)24/h4-5,8-9,13-14,16,21H,2-3,6-7,10-12H2,1H3,(H,23,24)/t14-,16+. The fourth-order valence-electron chi connectivity index (χ4n) is 3.16. The summed E-state index contributed by atoms with van der Waals surface area (Å²) in [4.78, 5) is 15.1. The maximum absolute atomic E-state index is 10.5. The van der Waals surface area contributed by atoms with Crippen molar-refractivity contribution in [2.75, 3.05) is 6.54 Å². The van der Waals surface area contributed by atoms with Crippen LogP contribution in [0.2, 0.25) is 0 Å². The van der Waals surface area contributed by atoms with Crippen molar-refractivity contribution in [2.24, 2.45) is 5.92 Å². The SMILES string of the molecule is C[C@H]1CC[C@@H](Oc2ccc(-c3csc(CNCCC(=O)O)n3)cc2)CC1. The van der Waals surface area contributed by atoms with Crippen molar-refractivity contribution in [3.8, 4) is 17.0 Å². The van der Waals surface area contributed by atoms with Crippen molar-refractivity contribution in [1.82, 2.24) is 10.3 Å². The summed E-state index contributed by atoms with van der Waals surface area (Å²) in [5, 5.41) is 14.7. The number of thiazole rings is 1. The van der Waals surface area contributed by atoms with Crippen LogP contribution in [0.25, 0.3) is 11.3 Å². The smallest absolute Gasteiger partial charge is 0.304 e. The number of aliphatic carboxylic acids is 1. The van der Waals surface area contributed by atoms with Crippen molar-refractivity contribution in [2.45, 2.75) is 51.7 Å². The molecular weight excluding hydrogens is 348 g/mol. The molecule has 1 heterocycles. The first-order valence-corrected chi connectivity index (χ1v) is 10.1. The van der Waals surface area contributed by atoms with Crippen LogP contribution in [0.1, 0.15) is 44.0 Å². The van der Waals surface area contributed by atoms with Gasteiger partial charge in [-0.15, -0.1) is 11.3 Å². The van der Waals surface area contributed by atoms with Crippen LogP contribution >= 0.6 is 11.3 Å². The Balaban J connectivity index is 1.51. The number of hydrogen-bond donors (Lipinski definition) is 2. The number of nitrogens with one attached hydrogen (secondary N) is 1. The summed E-state index contributed by atoms with van der Waals surface area (Å²) in [5.41, 5.74) is 2.02. The Morgan fingerprint density at radius 3 is 2.69 bits per heavy atom. The van der Waals surface area contributed by atoms with Gasteiger partial charge in [-0.05, 0) is 55.9 Å². The highest BCUT2D eigenvalue weighted by Crippen LogP contribution is 2.29. The number of nitrogens with zero attached hydrogens (tertiary/aromatic N) is 1. The minimum atomic E-state index is -0.789. The molecule has 1 aliphatic carbocycles. The number of rotatable bonds is 8. The van der Waals surface area contributed by atoms with Crippen molar-refractivity contribution in [1.29, 1.82) is 0 Å². The van der Waals surface area contributed by atoms with Crippen LogP contribution in [0.15, 0.2) is 29.6 Å². The summed E-state index contributed by atoms with van der Waals surface area (Å²) >= 11 is 1.58. The molecule has 2 N–H and O–H groups in total. The number of ether oxygens (including phenoxy) is 1. The Kier molecular flexibility index (Phi) is 6.63. The number of carbonyl (C=O) groups is 1. The zero-order valence-electron chi connectivity index (χ0n) is 15.1. The molecule has 0 unspecified atom stereocenters. The normalized spacial score (nSPS) is 20.0. The van der Waals surface area contributed by atoms with E-state index >= 15 is 0 Å². The predicted octanol–water partition coefficient (Wildman–Crippen LogP) is 4.33. The fourth-order valence-corrected chi connectivity index (χ4v) is 3.93. The Labute approximate surface area is 158 Å². The van der Waals surface area contributed by atoms with Gasteiger partial charge in [-0.3, -0.25) is 4.79 Å². The number of carboxylic acid groups (broad SMARTS) is 1. The molecule has 0 bridgehead atoms. The van der Waals surface area contributed by atoms with E-state index in [1.807, 2.05) is 17.5 Å². The molecule has 0 radical (unpaired) electrons. The zero-order chi connectivity index (χ0) is 18.4. The van der Waals surface area contributed by atoms with Crippen LogP contribution in [-0.2, 0) is 11.3 Å². The van der Waals surface area contributed by atoms with Gasteiger partial charge in [0.1, 0.15) is 10.8 Å². The van der Waals surface area contributed by atoms with Crippen LogP contribution < -0.4 is 10.1 Å². The quantitative estimate of drug-likeness (QED) is 0.673. The van der Waals surface area contributed by atoms with Gasteiger partial charge in [0.2, 0.25) is 0 Å². The topological polar surface area (TPSA) is 71.5 Å². The van der Waals surface area contributed by atoms with Gasteiger partial charge in [-0.1, -0.05) is 6.92 Å². The second-order valence-electron chi connectivity index (χ2n) is 6.97. The number of hydrogen-bond acceptors (Lipinski definition) is 5. The van der Waals surface area contributed by atoms with Crippen molar-refractivity contribution in [3.05, 3.63) is 34.7 Å². The molecule has 26 heavy (non-hydrogen) atoms. The summed E-state index contributed by atoms with van der Waals surface area (Å²) in [6.07, 6.45) is 5.27. The van der Waals surface area contributed by atoms with Gasteiger partial charge in [-0.2, -0.15) is 0 Å². The second-order valence-corrected chi connectivity index (χ2v) is 7.91. The average molecular weight is 375 g/mol. The molecule has 1 aromatic carbocycles. The highest BCUT2D eigenvalue weighted by Gasteiger charge is 2.19. The highest BCUT2D eigenvalue weighted by atomic mass is 32.1. The predicted molar refractivity (Wildman–Crippen MR) is 104 cm³/mol. The maximum atomic E-state index is 10.5. The van der Waals surface area contributed by atoms with Gasteiger partial charge in [0.15, 0.2) is 0 Å². The Hall–Kier alpha value is -1.92. The van der Waals surface area contributed by atoms with E-state index in [-0.39, 0.29) is 6.42 Å². The minimum Gasteiger partial charge on any atom is -0.490 e. The first kappa shape index (κ1) is 18.9. The summed E-state index contributed by atoms with van der Waals surface area (Å²) < 4.78 is 6.11. The van der Waals surface area contributed by atoms with Crippen LogP contribution in [-0.4, -0.2) is 28.7 Å². The first-order valence-electron chi connectivity index (χ1n) is 9.24. The minimum absolute atomic E-state index is 0.125. The lowest BCUT2D eigenvalue weighted by atomic mass is 9.89. The molecule has 0 spiro atoms. The third kappa shape index (κ3) is 5.54. The number of carboxylic acids is 1. The summed E-state index contributed by atoms with van der Waals surface area (Å²) in [5.74, 6) is 0.969. The van der Waals surface area contributed by atoms with Gasteiger partial charge in [0.05, 0.1) is 18.2 Å². The first-order chi connectivity index (χ1) is 12.6. The average Bonchev–Trinajstić information content (AvgIpc) is 3.10. The van der Waals surface area contributed by atoms with E-state index in [0.29, 0.717) is 19.2 Å². The molecule has 0 saturated heterocycles. The maximum Gasteiger partial charge on any atom is 0.304 e. The highest BCUT2D eigenvalue weighted by molar-refractivity contribution is 7.09. The van der Waals surface area contributed by atoms with Crippen molar-refractivity contribution in [3.63, 3.8) is 0 Å². The lowest BCUT2D eigenvalue weighted by Crippen LogP contribution is -2.22. The Bertz CT molecular complexity index is 706. The van der Waals surface area contributed by atoms with Crippen LogP contribution in [0.3, 0.4) is 0 Å². The molecule has 1 saturated carbocycles. The van der Waals surface area contributed by atoms with Crippen LogP contribution in [0.5, 0.6) is 5.75 Å². The molecule has 2 aromatic rings. The fraction of sp³-hybridized carbons (Fsp3) is 0.500. The summed E-state index contributed by atoms with van der Waals surface area (Å²) in [7, 11) is 0. The van der Waals surface area contributed by atoms with Crippen molar-refractivity contribution >= 4 is 17.3 Å². The van der Waals surface area contributed by atoms with Gasteiger partial charge < -0.3 is 15.2 Å². The molecule has 140 valence electrons. The monoisotopic (exact) mass is 374 g/mol. The van der Waals surface area contributed by atoms with Gasteiger partial charge in [-0.25, -0.2) is 4.98 Å². The molecule has 0 amide bonds. The summed E-state index contributed by atoms with van der Waals surface area (Å²) in [6, 6.07) is 8.16. The molecule has 0 atom stereocenters. The molecule has 1 aromatic heterocycles. The summed E-state index contributed by atoms with van der Waals surface area (Å²) in [6.45, 7) is 3.37. The van der Waals surface area contributed by atoms with Crippen LogP contribution in [0.4, 0.5) is 0 Å². The van der Waals surface area contributed by atoms with E-state index in [9.17, 15) is 4.79 Å². The van der Waals surface area contributed by atoms with E-state index in [2.05, 4.69) is 29.4 Å². The van der Waals surface area contributed by atoms with E-state index < -0.39 is 5.97 Å². The van der Waals surface area contributed by atoms with Crippen LogP contribution in [0, 0.1) is 5.92 Å². The van der Waals surface area contributed by atoms with E-state index in [4.69, 9.17) is 9.84 Å². The molecule has 0 aliphatic heterocycles. The van der Waals surface area contributed by atoms with E-state index in [0.717, 1.165) is 40.8 Å². The molecule has 5 nitrogen and oxygen atoms in total. The molecular formula is C20H26N2O3S. The molecule has 1 aliphatic rings. The van der Waals surface area contributed by atoms with E-state index in [1.165, 1.54) is 12.8 Å². The van der Waals surface area contributed by atoms with Gasteiger partial charge >= 0.3 is 5.97 Å². The Morgan fingerprint density at radius 1 is 1.27 bits per heavy atom. The van der Waals surface area contributed by atoms with Gasteiger partial charge in [0.25, 0.3) is 0 Å². The number of benzene rings is 1.